The lowest BCUT2D eigenvalue weighted by Gasteiger charge is -2.18. The number of methoxy groups -OCH3 is 1. The third-order valence-electron chi connectivity index (χ3n) is 4.29. The first-order valence-corrected chi connectivity index (χ1v) is 8.44. The molecule has 4 rings (SSSR count). The van der Waals surface area contributed by atoms with E-state index in [1.54, 1.807) is 19.5 Å². The molecule has 2 aromatic heterocycles. The molecule has 0 atom stereocenters. The van der Waals surface area contributed by atoms with E-state index in [4.69, 9.17) is 21.3 Å². The summed E-state index contributed by atoms with van der Waals surface area (Å²) in [5.74, 6) is 1.47. The summed E-state index contributed by atoms with van der Waals surface area (Å²) in [7, 11) is 1.67. The highest BCUT2D eigenvalue weighted by molar-refractivity contribution is 6.31. The molecule has 0 N–H and O–H groups in total. The van der Waals surface area contributed by atoms with Crippen molar-refractivity contribution in [2.45, 2.75) is 12.8 Å². The Bertz CT molecular complexity index is 954. The zero-order chi connectivity index (χ0) is 17.2. The van der Waals surface area contributed by atoms with E-state index < -0.39 is 0 Å². The van der Waals surface area contributed by atoms with Crippen molar-refractivity contribution in [2.75, 3.05) is 7.11 Å². The Morgan fingerprint density at radius 3 is 2.72 bits per heavy atom. The van der Waals surface area contributed by atoms with E-state index in [-0.39, 0.29) is 0 Å². The van der Waals surface area contributed by atoms with E-state index in [1.165, 1.54) is 5.57 Å². The maximum atomic E-state index is 6.47. The number of ether oxygens (including phenoxy) is 1. The van der Waals surface area contributed by atoms with Crippen LogP contribution in [-0.2, 0) is 6.42 Å². The van der Waals surface area contributed by atoms with Gasteiger partial charge in [-0.15, -0.1) is 0 Å². The Balaban J connectivity index is 1.75. The van der Waals surface area contributed by atoms with Gasteiger partial charge in [0.2, 0.25) is 0 Å². The fourth-order valence-corrected chi connectivity index (χ4v) is 3.24. The third-order valence-corrected chi connectivity index (χ3v) is 4.58. The van der Waals surface area contributed by atoms with Gasteiger partial charge in [0.25, 0.3) is 0 Å². The predicted molar refractivity (Wildman–Crippen MR) is 99.5 cm³/mol. The standard InChI is InChI=1S/C20H16ClN3O/c1-25-16-6-2-4-13(10-16)14-7-8-18-17(11-14)19(21)24-20(23-18)15-5-3-9-22-12-15/h2-6,9-12H,7-8H2,1H3. The third kappa shape index (κ3) is 3.13. The largest absolute Gasteiger partial charge is 0.497 e. The second-order valence-corrected chi connectivity index (χ2v) is 6.20. The van der Waals surface area contributed by atoms with Crippen molar-refractivity contribution in [1.82, 2.24) is 15.0 Å². The quantitative estimate of drug-likeness (QED) is 0.644. The maximum absolute atomic E-state index is 6.47. The number of aromatic nitrogens is 3. The Kier molecular flexibility index (Phi) is 4.20. The van der Waals surface area contributed by atoms with Crippen molar-refractivity contribution >= 4 is 23.3 Å². The molecule has 5 heteroatoms. The SMILES string of the molecule is COc1cccc(C2=Cc3c(Cl)nc(-c4cccnc4)nc3CC2)c1. The number of nitrogens with zero attached hydrogens (tertiary/aromatic N) is 3. The van der Waals surface area contributed by atoms with Crippen LogP contribution in [0.25, 0.3) is 23.0 Å². The van der Waals surface area contributed by atoms with Crippen LogP contribution in [0.15, 0.2) is 48.8 Å². The van der Waals surface area contributed by atoms with Crippen molar-refractivity contribution in [1.29, 1.82) is 0 Å². The fraction of sp³-hybridized carbons (Fsp3) is 0.150. The van der Waals surface area contributed by atoms with E-state index in [1.807, 2.05) is 30.3 Å². The second kappa shape index (κ2) is 6.65. The van der Waals surface area contributed by atoms with Gasteiger partial charge in [-0.25, -0.2) is 9.97 Å². The number of aryl methyl sites for hydroxylation is 1. The molecule has 124 valence electrons. The van der Waals surface area contributed by atoms with Gasteiger partial charge in [-0.2, -0.15) is 0 Å². The van der Waals surface area contributed by atoms with Crippen molar-refractivity contribution in [3.8, 4) is 17.1 Å². The van der Waals surface area contributed by atoms with Crippen LogP contribution in [0, 0.1) is 0 Å². The van der Waals surface area contributed by atoms with Crippen molar-refractivity contribution in [3.63, 3.8) is 0 Å². The predicted octanol–water partition coefficient (Wildman–Crippen LogP) is 4.69. The lowest BCUT2D eigenvalue weighted by Crippen LogP contribution is -2.06. The lowest BCUT2D eigenvalue weighted by atomic mass is 9.92. The molecule has 1 aliphatic carbocycles. The van der Waals surface area contributed by atoms with E-state index in [9.17, 15) is 0 Å². The van der Waals surface area contributed by atoms with Gasteiger partial charge in [0.05, 0.1) is 12.8 Å². The number of halogens is 1. The minimum absolute atomic E-state index is 0.476. The molecule has 0 radical (unpaired) electrons. The molecule has 1 aromatic carbocycles. The van der Waals surface area contributed by atoms with Gasteiger partial charge >= 0.3 is 0 Å². The van der Waals surface area contributed by atoms with Crippen LogP contribution < -0.4 is 4.74 Å². The van der Waals surface area contributed by atoms with Crippen LogP contribution in [0.5, 0.6) is 5.75 Å². The molecule has 0 saturated heterocycles. The molecule has 4 nitrogen and oxygen atoms in total. The van der Waals surface area contributed by atoms with Crippen LogP contribution in [0.3, 0.4) is 0 Å². The first kappa shape index (κ1) is 15.8. The average Bonchev–Trinajstić information content (AvgIpc) is 2.68. The van der Waals surface area contributed by atoms with Gasteiger partial charge in [-0.05, 0) is 54.3 Å². The Hall–Kier alpha value is -2.72. The first-order chi connectivity index (χ1) is 12.2. The zero-order valence-corrected chi connectivity index (χ0v) is 14.5. The molecule has 0 fully saturated rings. The molecule has 0 bridgehead atoms. The highest BCUT2D eigenvalue weighted by Crippen LogP contribution is 2.34. The summed E-state index contributed by atoms with van der Waals surface area (Å²) in [6, 6.07) is 11.9. The average molecular weight is 350 g/mol. The summed E-state index contributed by atoms with van der Waals surface area (Å²) in [4.78, 5) is 13.3. The van der Waals surface area contributed by atoms with E-state index in [0.717, 1.165) is 41.0 Å². The number of hydrogen-bond donors (Lipinski definition) is 0. The van der Waals surface area contributed by atoms with Gasteiger partial charge in [-0.3, -0.25) is 4.98 Å². The van der Waals surface area contributed by atoms with Gasteiger partial charge in [0.15, 0.2) is 5.82 Å². The van der Waals surface area contributed by atoms with Crippen LogP contribution in [0.2, 0.25) is 5.15 Å². The zero-order valence-electron chi connectivity index (χ0n) is 13.7. The monoisotopic (exact) mass is 349 g/mol. The van der Waals surface area contributed by atoms with Gasteiger partial charge in [0.1, 0.15) is 10.9 Å². The van der Waals surface area contributed by atoms with Crippen LogP contribution >= 0.6 is 11.6 Å². The van der Waals surface area contributed by atoms with Crippen LogP contribution in [0.4, 0.5) is 0 Å². The molecule has 1 aliphatic rings. The second-order valence-electron chi connectivity index (χ2n) is 5.84. The van der Waals surface area contributed by atoms with Crippen molar-refractivity contribution < 1.29 is 4.74 Å². The highest BCUT2D eigenvalue weighted by atomic mass is 35.5. The summed E-state index contributed by atoms with van der Waals surface area (Å²) >= 11 is 6.47. The summed E-state index contributed by atoms with van der Waals surface area (Å²) in [5, 5.41) is 0.476. The van der Waals surface area contributed by atoms with Gasteiger partial charge in [0, 0.05) is 23.5 Å². The van der Waals surface area contributed by atoms with Crippen molar-refractivity contribution in [3.05, 3.63) is 70.8 Å². The van der Waals surface area contributed by atoms with Crippen molar-refractivity contribution in [2.24, 2.45) is 0 Å². The Morgan fingerprint density at radius 1 is 1.04 bits per heavy atom. The summed E-state index contributed by atoms with van der Waals surface area (Å²) in [5.41, 5.74) is 5.10. The number of rotatable bonds is 3. The molecule has 0 spiro atoms. The topological polar surface area (TPSA) is 47.9 Å². The highest BCUT2D eigenvalue weighted by Gasteiger charge is 2.19. The molecule has 25 heavy (non-hydrogen) atoms. The van der Waals surface area contributed by atoms with E-state index in [0.29, 0.717) is 11.0 Å². The summed E-state index contributed by atoms with van der Waals surface area (Å²) in [6.07, 6.45) is 7.29. The Morgan fingerprint density at radius 2 is 1.92 bits per heavy atom. The van der Waals surface area contributed by atoms with Gasteiger partial charge in [-0.1, -0.05) is 23.7 Å². The normalized spacial score (nSPS) is 13.1. The first-order valence-electron chi connectivity index (χ1n) is 8.06. The smallest absolute Gasteiger partial charge is 0.162 e. The maximum Gasteiger partial charge on any atom is 0.162 e. The minimum atomic E-state index is 0.476. The van der Waals surface area contributed by atoms with E-state index in [2.05, 4.69) is 22.1 Å². The minimum Gasteiger partial charge on any atom is -0.497 e. The molecule has 0 saturated carbocycles. The number of fused-ring (bicyclic) bond motifs is 1. The molecule has 3 aromatic rings. The van der Waals surface area contributed by atoms with E-state index >= 15 is 0 Å². The van der Waals surface area contributed by atoms with Crippen LogP contribution in [0.1, 0.15) is 23.2 Å². The molecule has 0 amide bonds. The molecule has 0 unspecified atom stereocenters. The lowest BCUT2D eigenvalue weighted by molar-refractivity contribution is 0.414. The summed E-state index contributed by atoms with van der Waals surface area (Å²) < 4.78 is 5.32. The number of pyridine rings is 1. The fourth-order valence-electron chi connectivity index (χ4n) is 2.99. The Labute approximate surface area is 151 Å². The van der Waals surface area contributed by atoms with Gasteiger partial charge < -0.3 is 4.74 Å². The summed E-state index contributed by atoms with van der Waals surface area (Å²) in [6.45, 7) is 0. The molecule has 2 heterocycles. The molecule has 0 aliphatic heterocycles. The molecular formula is C20H16ClN3O. The van der Waals surface area contributed by atoms with Crippen LogP contribution in [-0.4, -0.2) is 22.1 Å². The molecular weight excluding hydrogens is 334 g/mol. The number of benzene rings is 1. The number of hydrogen-bond acceptors (Lipinski definition) is 4. The number of allylic oxidation sites excluding steroid dienone is 1.